The zero-order chi connectivity index (χ0) is 14.9. The molecule has 0 bridgehead atoms. The molecule has 2 N–H and O–H groups in total. The van der Waals surface area contributed by atoms with E-state index < -0.39 is 11.4 Å². The minimum atomic E-state index is -1.13. The Kier molecular flexibility index (Phi) is 3.99. The minimum Gasteiger partial charge on any atom is -0.506 e. The predicted octanol–water partition coefficient (Wildman–Crippen LogP) is 2.96. The lowest BCUT2D eigenvalue weighted by atomic mass is 9.78. The van der Waals surface area contributed by atoms with E-state index in [1.807, 2.05) is 0 Å². The maximum atomic E-state index is 11.8. The Morgan fingerprint density at radius 1 is 1.30 bits per heavy atom. The van der Waals surface area contributed by atoms with Crippen LogP contribution in [0.2, 0.25) is 5.02 Å². The third kappa shape index (κ3) is 2.06. The van der Waals surface area contributed by atoms with Crippen LogP contribution in [0.5, 0.6) is 17.2 Å². The highest BCUT2D eigenvalue weighted by atomic mass is 35.5. The van der Waals surface area contributed by atoms with Crippen LogP contribution in [0.25, 0.3) is 0 Å². The van der Waals surface area contributed by atoms with Crippen LogP contribution in [0.15, 0.2) is 6.07 Å². The summed E-state index contributed by atoms with van der Waals surface area (Å²) in [5.74, 6) is -0.605. The minimum absolute atomic E-state index is 0.0203. The third-order valence-corrected chi connectivity index (χ3v) is 4.31. The summed E-state index contributed by atoms with van der Waals surface area (Å²) in [5, 5.41) is 19.6. The van der Waals surface area contributed by atoms with Crippen LogP contribution in [0, 0.1) is 0 Å². The number of aliphatic carboxylic acids is 1. The van der Waals surface area contributed by atoms with Crippen LogP contribution in [0.1, 0.15) is 31.2 Å². The average Bonchev–Trinajstić information content (AvgIpc) is 2.91. The van der Waals surface area contributed by atoms with Gasteiger partial charge in [-0.15, -0.1) is 0 Å². The van der Waals surface area contributed by atoms with E-state index in [4.69, 9.17) is 21.1 Å². The molecule has 110 valence electrons. The SMILES string of the molecule is COc1cc(O)c(Cl)c(C2(C(=O)O)CCCC2)c1OC. The van der Waals surface area contributed by atoms with Crippen molar-refractivity contribution in [2.24, 2.45) is 0 Å². The molecule has 6 heteroatoms. The normalized spacial score (nSPS) is 16.9. The largest absolute Gasteiger partial charge is 0.506 e. The van der Waals surface area contributed by atoms with Gasteiger partial charge in [0.05, 0.1) is 24.7 Å². The highest BCUT2D eigenvalue weighted by molar-refractivity contribution is 6.33. The van der Waals surface area contributed by atoms with E-state index in [2.05, 4.69) is 0 Å². The van der Waals surface area contributed by atoms with Gasteiger partial charge in [0, 0.05) is 11.6 Å². The van der Waals surface area contributed by atoms with Crippen LogP contribution in [-0.2, 0) is 10.2 Å². The summed E-state index contributed by atoms with van der Waals surface area (Å²) < 4.78 is 10.5. The molecule has 0 saturated heterocycles. The van der Waals surface area contributed by atoms with Gasteiger partial charge in [-0.25, -0.2) is 0 Å². The molecule has 5 nitrogen and oxygen atoms in total. The van der Waals surface area contributed by atoms with Crippen molar-refractivity contribution >= 4 is 17.6 Å². The predicted molar refractivity (Wildman–Crippen MR) is 74.0 cm³/mol. The monoisotopic (exact) mass is 300 g/mol. The quantitative estimate of drug-likeness (QED) is 0.894. The highest BCUT2D eigenvalue weighted by Gasteiger charge is 2.47. The highest BCUT2D eigenvalue weighted by Crippen LogP contribution is 2.53. The number of halogens is 1. The lowest BCUT2D eigenvalue weighted by molar-refractivity contribution is -0.143. The van der Waals surface area contributed by atoms with Crippen molar-refractivity contribution in [3.05, 3.63) is 16.7 Å². The van der Waals surface area contributed by atoms with Crippen LogP contribution in [0.4, 0.5) is 0 Å². The van der Waals surface area contributed by atoms with Crippen molar-refractivity contribution in [3.63, 3.8) is 0 Å². The topological polar surface area (TPSA) is 76.0 Å². The van der Waals surface area contributed by atoms with Crippen molar-refractivity contribution < 1.29 is 24.5 Å². The van der Waals surface area contributed by atoms with Gasteiger partial charge in [-0.1, -0.05) is 24.4 Å². The van der Waals surface area contributed by atoms with Gasteiger partial charge in [0.25, 0.3) is 0 Å². The zero-order valence-corrected chi connectivity index (χ0v) is 12.2. The summed E-state index contributed by atoms with van der Waals surface area (Å²) in [4.78, 5) is 11.8. The number of benzene rings is 1. The molecule has 0 spiro atoms. The van der Waals surface area contributed by atoms with Gasteiger partial charge in [-0.2, -0.15) is 0 Å². The van der Waals surface area contributed by atoms with Crippen molar-refractivity contribution in [2.75, 3.05) is 14.2 Å². The number of carboxylic acids is 1. The number of phenolic OH excluding ortho intramolecular Hbond substituents is 1. The fourth-order valence-corrected chi connectivity index (χ4v) is 3.26. The van der Waals surface area contributed by atoms with Gasteiger partial charge in [0.2, 0.25) is 0 Å². The number of ether oxygens (including phenoxy) is 2. The Morgan fingerprint density at radius 2 is 1.90 bits per heavy atom. The van der Waals surface area contributed by atoms with E-state index in [9.17, 15) is 15.0 Å². The van der Waals surface area contributed by atoms with E-state index in [1.165, 1.54) is 20.3 Å². The Bertz CT molecular complexity index is 535. The zero-order valence-electron chi connectivity index (χ0n) is 11.4. The molecular weight excluding hydrogens is 284 g/mol. The molecule has 20 heavy (non-hydrogen) atoms. The number of rotatable bonds is 4. The third-order valence-electron chi connectivity index (χ3n) is 3.93. The number of hydrogen-bond donors (Lipinski definition) is 2. The van der Waals surface area contributed by atoms with Gasteiger partial charge in [-0.3, -0.25) is 4.79 Å². The first kappa shape index (κ1) is 14.8. The molecular formula is C14H17ClO5. The fourth-order valence-electron chi connectivity index (χ4n) is 2.94. The molecule has 1 saturated carbocycles. The van der Waals surface area contributed by atoms with E-state index in [0.717, 1.165) is 12.8 Å². The first-order chi connectivity index (χ1) is 9.47. The Labute approximate surface area is 122 Å². The Morgan fingerprint density at radius 3 is 2.35 bits per heavy atom. The summed E-state index contributed by atoms with van der Waals surface area (Å²) in [6, 6.07) is 1.33. The molecule has 0 unspecified atom stereocenters. The second-order valence-electron chi connectivity index (χ2n) is 4.91. The van der Waals surface area contributed by atoms with Crippen molar-refractivity contribution in [1.82, 2.24) is 0 Å². The summed E-state index contributed by atoms with van der Waals surface area (Å²) in [6.45, 7) is 0. The number of methoxy groups -OCH3 is 2. The Hall–Kier alpha value is -1.62. The maximum Gasteiger partial charge on any atom is 0.314 e. The summed E-state index contributed by atoms with van der Waals surface area (Å²) in [7, 11) is 2.86. The van der Waals surface area contributed by atoms with Gasteiger partial charge in [-0.05, 0) is 12.8 Å². The summed E-state index contributed by atoms with van der Waals surface area (Å²) >= 11 is 6.17. The molecule has 0 radical (unpaired) electrons. The molecule has 0 aliphatic heterocycles. The van der Waals surface area contributed by atoms with Crippen LogP contribution in [-0.4, -0.2) is 30.4 Å². The molecule has 1 aliphatic carbocycles. The van der Waals surface area contributed by atoms with Crippen LogP contribution in [0.3, 0.4) is 0 Å². The molecule has 2 rings (SSSR count). The maximum absolute atomic E-state index is 11.8. The lowest BCUT2D eigenvalue weighted by Crippen LogP contribution is -2.33. The fraction of sp³-hybridized carbons (Fsp3) is 0.500. The smallest absolute Gasteiger partial charge is 0.314 e. The lowest BCUT2D eigenvalue weighted by Gasteiger charge is -2.28. The standard InChI is InChI=1S/C14H17ClO5/c1-19-9-7-8(16)11(15)10(12(9)20-2)14(13(17)18)5-3-4-6-14/h7,16H,3-6H2,1-2H3,(H,17,18). The van der Waals surface area contributed by atoms with Crippen molar-refractivity contribution in [1.29, 1.82) is 0 Å². The Balaban J connectivity index is 2.77. The van der Waals surface area contributed by atoms with E-state index >= 15 is 0 Å². The molecule has 0 amide bonds. The number of aromatic hydroxyl groups is 1. The number of carboxylic acid groups (broad SMARTS) is 1. The van der Waals surface area contributed by atoms with Crippen LogP contribution < -0.4 is 9.47 Å². The summed E-state index contributed by atoms with van der Waals surface area (Å²) in [6.07, 6.45) is 2.52. The molecule has 0 heterocycles. The molecule has 1 aromatic carbocycles. The van der Waals surface area contributed by atoms with Gasteiger partial charge in [0.1, 0.15) is 5.75 Å². The van der Waals surface area contributed by atoms with Crippen molar-refractivity contribution in [2.45, 2.75) is 31.1 Å². The van der Waals surface area contributed by atoms with Crippen molar-refractivity contribution in [3.8, 4) is 17.2 Å². The van der Waals surface area contributed by atoms with Gasteiger partial charge >= 0.3 is 5.97 Å². The molecule has 1 aliphatic rings. The average molecular weight is 301 g/mol. The number of phenols is 1. The van der Waals surface area contributed by atoms with E-state index in [1.54, 1.807) is 0 Å². The first-order valence-electron chi connectivity index (χ1n) is 6.35. The van der Waals surface area contributed by atoms with Gasteiger partial charge < -0.3 is 19.7 Å². The van der Waals surface area contributed by atoms with E-state index in [-0.39, 0.29) is 22.3 Å². The first-order valence-corrected chi connectivity index (χ1v) is 6.73. The van der Waals surface area contributed by atoms with Gasteiger partial charge in [0.15, 0.2) is 11.5 Å². The molecule has 1 fully saturated rings. The molecule has 1 aromatic rings. The molecule has 0 atom stereocenters. The second-order valence-corrected chi connectivity index (χ2v) is 5.29. The van der Waals surface area contributed by atoms with E-state index in [0.29, 0.717) is 18.4 Å². The second kappa shape index (κ2) is 5.40. The van der Waals surface area contributed by atoms with Crippen LogP contribution >= 0.6 is 11.6 Å². The molecule has 0 aromatic heterocycles. The number of carbonyl (C=O) groups is 1. The number of hydrogen-bond acceptors (Lipinski definition) is 4. The summed E-state index contributed by atoms with van der Waals surface area (Å²) in [5.41, 5.74) is -0.822.